The average molecular weight is 128 g/mol. The van der Waals surface area contributed by atoms with Crippen LogP contribution in [-0.4, -0.2) is 7.11 Å². The lowest BCUT2D eigenvalue weighted by Crippen LogP contribution is -1.86. The van der Waals surface area contributed by atoms with Crippen molar-refractivity contribution in [1.29, 1.82) is 0 Å². The van der Waals surface area contributed by atoms with Gasteiger partial charge in [0.05, 0.1) is 7.11 Å². The van der Waals surface area contributed by atoms with Crippen LogP contribution in [0.25, 0.3) is 0 Å². The van der Waals surface area contributed by atoms with E-state index in [1.165, 1.54) is 13.4 Å². The molecule has 0 aromatic carbocycles. The van der Waals surface area contributed by atoms with Gasteiger partial charge in [-0.2, -0.15) is 4.89 Å². The van der Waals surface area contributed by atoms with Gasteiger partial charge in [-0.1, -0.05) is 0 Å². The first-order chi connectivity index (χ1) is 4.33. The van der Waals surface area contributed by atoms with Crippen molar-refractivity contribution in [1.82, 2.24) is 0 Å². The van der Waals surface area contributed by atoms with Crippen molar-refractivity contribution in [3.8, 4) is 5.75 Å². The molecule has 1 heterocycles. The maximum atomic E-state index is 4.91. The summed E-state index contributed by atoms with van der Waals surface area (Å²) in [7, 11) is 1.45. The molecule has 0 aliphatic rings. The first-order valence-electron chi connectivity index (χ1n) is 2.58. The third kappa shape index (κ3) is 1.47. The molecule has 0 aliphatic carbocycles. The molecule has 0 unspecified atom stereocenters. The lowest BCUT2D eigenvalue weighted by atomic mass is 10.5. The van der Waals surface area contributed by atoms with Gasteiger partial charge in [0.1, 0.15) is 12.0 Å². The highest BCUT2D eigenvalue weighted by molar-refractivity contribution is 5.17. The third-order valence-electron chi connectivity index (χ3n) is 0.886. The highest BCUT2D eigenvalue weighted by atomic mass is 17.2. The molecule has 0 amide bonds. The molecular formula is C6H8O3. The first kappa shape index (κ1) is 6.16. The summed E-state index contributed by atoms with van der Waals surface area (Å²) in [5.74, 6) is 1.40. The van der Waals surface area contributed by atoms with Crippen molar-refractivity contribution in [2.75, 3.05) is 7.11 Å². The fraction of sp³-hybridized carbons (Fsp3) is 0.333. The lowest BCUT2D eigenvalue weighted by Gasteiger charge is -1.91. The summed E-state index contributed by atoms with van der Waals surface area (Å²) in [6, 6.07) is 1.74. The minimum atomic E-state index is 0.593. The zero-order chi connectivity index (χ0) is 6.69. The molecule has 0 atom stereocenters. The zero-order valence-electron chi connectivity index (χ0n) is 5.38. The van der Waals surface area contributed by atoms with E-state index in [9.17, 15) is 0 Å². The van der Waals surface area contributed by atoms with Gasteiger partial charge in [-0.25, -0.2) is 0 Å². The van der Waals surface area contributed by atoms with E-state index in [-0.39, 0.29) is 0 Å². The summed E-state index contributed by atoms with van der Waals surface area (Å²) in [6.45, 7) is 1.84. The minimum absolute atomic E-state index is 0.593. The Morgan fingerprint density at radius 1 is 1.56 bits per heavy atom. The molecule has 0 radical (unpaired) electrons. The second kappa shape index (κ2) is 2.55. The van der Waals surface area contributed by atoms with Crippen LogP contribution in [0, 0.1) is 6.92 Å². The van der Waals surface area contributed by atoms with E-state index >= 15 is 0 Å². The Bertz CT molecular complexity index is 180. The van der Waals surface area contributed by atoms with E-state index in [0.29, 0.717) is 5.75 Å². The van der Waals surface area contributed by atoms with Gasteiger partial charge in [0.2, 0.25) is 5.75 Å². The van der Waals surface area contributed by atoms with Crippen LogP contribution in [0.5, 0.6) is 5.75 Å². The van der Waals surface area contributed by atoms with Gasteiger partial charge >= 0.3 is 0 Å². The van der Waals surface area contributed by atoms with Gasteiger partial charge in [-0.05, 0) is 6.92 Å². The Kier molecular flexibility index (Phi) is 1.75. The predicted molar refractivity (Wildman–Crippen MR) is 31.1 cm³/mol. The van der Waals surface area contributed by atoms with Crippen molar-refractivity contribution >= 4 is 0 Å². The summed E-state index contributed by atoms with van der Waals surface area (Å²) in [4.78, 5) is 9.01. The standard InChI is InChI=1S/C6H8O3/c1-5-3-6(4-8-5)9-7-2/h3-4H,1-2H3. The van der Waals surface area contributed by atoms with Crippen LogP contribution in [0.15, 0.2) is 16.7 Å². The van der Waals surface area contributed by atoms with Crippen molar-refractivity contribution in [3.63, 3.8) is 0 Å². The van der Waals surface area contributed by atoms with E-state index in [2.05, 4.69) is 9.78 Å². The summed E-state index contributed by atoms with van der Waals surface area (Å²) in [5.41, 5.74) is 0. The molecule has 3 heteroatoms. The van der Waals surface area contributed by atoms with Crippen LogP contribution < -0.4 is 4.89 Å². The first-order valence-corrected chi connectivity index (χ1v) is 2.58. The van der Waals surface area contributed by atoms with E-state index in [4.69, 9.17) is 4.42 Å². The predicted octanol–water partition coefficient (Wildman–Crippen LogP) is 1.53. The molecule has 1 rings (SSSR count). The quantitative estimate of drug-likeness (QED) is 0.447. The Morgan fingerprint density at radius 3 is 2.78 bits per heavy atom. The van der Waals surface area contributed by atoms with Gasteiger partial charge in [-0.3, -0.25) is 0 Å². The highest BCUT2D eigenvalue weighted by Gasteiger charge is 1.96. The zero-order valence-corrected chi connectivity index (χ0v) is 5.38. The van der Waals surface area contributed by atoms with Crippen LogP contribution >= 0.6 is 0 Å². The van der Waals surface area contributed by atoms with Gasteiger partial charge in [0.25, 0.3) is 0 Å². The highest BCUT2D eigenvalue weighted by Crippen LogP contribution is 2.13. The molecule has 0 N–H and O–H groups in total. The van der Waals surface area contributed by atoms with E-state index in [1.807, 2.05) is 6.92 Å². The van der Waals surface area contributed by atoms with Crippen molar-refractivity contribution in [3.05, 3.63) is 18.1 Å². The van der Waals surface area contributed by atoms with Gasteiger partial charge < -0.3 is 9.30 Å². The van der Waals surface area contributed by atoms with Crippen molar-refractivity contribution in [2.45, 2.75) is 6.92 Å². The summed E-state index contributed by atoms with van der Waals surface area (Å²) in [6.07, 6.45) is 1.48. The van der Waals surface area contributed by atoms with E-state index in [1.54, 1.807) is 6.07 Å². The van der Waals surface area contributed by atoms with E-state index in [0.717, 1.165) is 5.76 Å². The number of furan rings is 1. The molecular weight excluding hydrogens is 120 g/mol. The van der Waals surface area contributed by atoms with Gasteiger partial charge in [0.15, 0.2) is 0 Å². The molecule has 1 aromatic heterocycles. The van der Waals surface area contributed by atoms with E-state index < -0.39 is 0 Å². The fourth-order valence-electron chi connectivity index (χ4n) is 0.559. The number of hydrogen-bond acceptors (Lipinski definition) is 3. The fourth-order valence-corrected chi connectivity index (χ4v) is 0.559. The summed E-state index contributed by atoms with van der Waals surface area (Å²) < 4.78 is 4.91. The summed E-state index contributed by atoms with van der Waals surface area (Å²) in [5, 5.41) is 0. The molecule has 50 valence electrons. The van der Waals surface area contributed by atoms with Crippen LogP contribution in [0.1, 0.15) is 5.76 Å². The molecule has 0 fully saturated rings. The Hall–Kier alpha value is -0.960. The molecule has 0 aliphatic heterocycles. The largest absolute Gasteiger partial charge is 0.465 e. The monoisotopic (exact) mass is 128 g/mol. The maximum absolute atomic E-state index is 4.91. The van der Waals surface area contributed by atoms with Crippen LogP contribution in [0.3, 0.4) is 0 Å². The maximum Gasteiger partial charge on any atom is 0.203 e. The molecule has 3 nitrogen and oxygen atoms in total. The second-order valence-electron chi connectivity index (χ2n) is 1.64. The second-order valence-corrected chi connectivity index (χ2v) is 1.64. The number of hydrogen-bond donors (Lipinski definition) is 0. The topological polar surface area (TPSA) is 31.6 Å². The lowest BCUT2D eigenvalue weighted by molar-refractivity contribution is -0.178. The molecule has 0 saturated carbocycles. The smallest absolute Gasteiger partial charge is 0.203 e. The van der Waals surface area contributed by atoms with Gasteiger partial charge in [0, 0.05) is 6.07 Å². The van der Waals surface area contributed by atoms with Crippen molar-refractivity contribution < 1.29 is 14.2 Å². The minimum Gasteiger partial charge on any atom is -0.465 e. The van der Waals surface area contributed by atoms with Crippen molar-refractivity contribution in [2.24, 2.45) is 0 Å². The average Bonchev–Trinajstić information content (AvgIpc) is 2.17. The van der Waals surface area contributed by atoms with Crippen LogP contribution in [0.2, 0.25) is 0 Å². The SMILES string of the molecule is COOc1coc(C)c1. The number of rotatable bonds is 2. The Labute approximate surface area is 53.1 Å². The van der Waals surface area contributed by atoms with Crippen LogP contribution in [0.4, 0.5) is 0 Å². The Balaban J connectivity index is 2.61. The molecule has 1 aromatic rings. The van der Waals surface area contributed by atoms with Crippen LogP contribution in [-0.2, 0) is 4.89 Å². The molecule has 0 saturated heterocycles. The Morgan fingerprint density at radius 2 is 2.33 bits per heavy atom. The molecule has 0 bridgehead atoms. The summed E-state index contributed by atoms with van der Waals surface area (Å²) >= 11 is 0. The molecule has 0 spiro atoms. The normalized spacial score (nSPS) is 9.56. The van der Waals surface area contributed by atoms with Gasteiger partial charge in [-0.15, -0.1) is 0 Å². The molecule has 9 heavy (non-hydrogen) atoms. The third-order valence-corrected chi connectivity index (χ3v) is 0.886. The number of aryl methyl sites for hydroxylation is 1.